The topological polar surface area (TPSA) is 74.8 Å². The molecule has 0 aliphatic carbocycles. The van der Waals surface area contributed by atoms with Gasteiger partial charge < -0.3 is 4.90 Å². The van der Waals surface area contributed by atoms with Gasteiger partial charge in [0.1, 0.15) is 0 Å². The molecule has 0 bridgehead atoms. The number of nitrogens with zero attached hydrogens (tertiary/aromatic N) is 4. The molecule has 1 atom stereocenters. The maximum Gasteiger partial charge on any atom is 0.227 e. The van der Waals surface area contributed by atoms with Crippen molar-refractivity contribution in [1.29, 1.82) is 0 Å². The first kappa shape index (κ1) is 17.6. The SMILES string of the molecule is Cc1[nH]ncc1-c1cncc(CC2CCCN(C(=O)C(C)(C)C)C2)n1. The summed E-state index contributed by atoms with van der Waals surface area (Å²) in [5.41, 5.74) is 3.49. The standard InChI is InChI=1S/C19H27N5O/c1-13-16(10-21-23-13)17-11-20-9-15(22-17)8-14-6-5-7-24(12-14)18(25)19(2,3)4/h9-11,14H,5-8,12H2,1-4H3,(H,21,23). The van der Waals surface area contributed by atoms with Crippen LogP contribution < -0.4 is 0 Å². The number of hydrogen-bond donors (Lipinski definition) is 1. The van der Waals surface area contributed by atoms with E-state index < -0.39 is 0 Å². The summed E-state index contributed by atoms with van der Waals surface area (Å²) in [5.74, 6) is 0.682. The number of rotatable bonds is 3. The van der Waals surface area contributed by atoms with Crippen LogP contribution in [0.5, 0.6) is 0 Å². The van der Waals surface area contributed by atoms with E-state index in [1.807, 2.05) is 38.8 Å². The summed E-state index contributed by atoms with van der Waals surface area (Å²) >= 11 is 0. The van der Waals surface area contributed by atoms with Gasteiger partial charge in [-0.3, -0.25) is 14.9 Å². The van der Waals surface area contributed by atoms with E-state index in [-0.39, 0.29) is 11.3 Å². The molecule has 3 rings (SSSR count). The average molecular weight is 341 g/mol. The van der Waals surface area contributed by atoms with Gasteiger partial charge in [0.2, 0.25) is 5.91 Å². The molecule has 1 aliphatic heterocycles. The van der Waals surface area contributed by atoms with E-state index in [2.05, 4.69) is 15.2 Å². The smallest absolute Gasteiger partial charge is 0.227 e. The van der Waals surface area contributed by atoms with Crippen molar-refractivity contribution in [1.82, 2.24) is 25.1 Å². The molecule has 0 spiro atoms. The Hall–Kier alpha value is -2.24. The van der Waals surface area contributed by atoms with E-state index in [1.54, 1.807) is 12.4 Å². The Bertz CT molecular complexity index is 746. The Morgan fingerprint density at radius 2 is 2.12 bits per heavy atom. The number of aromatic nitrogens is 4. The van der Waals surface area contributed by atoms with E-state index in [0.717, 1.165) is 55.0 Å². The molecule has 6 nitrogen and oxygen atoms in total. The van der Waals surface area contributed by atoms with E-state index in [1.165, 1.54) is 0 Å². The molecule has 1 saturated heterocycles. The lowest BCUT2D eigenvalue weighted by atomic mass is 9.89. The predicted octanol–water partition coefficient (Wildman–Crippen LogP) is 3.00. The quantitative estimate of drug-likeness (QED) is 0.931. The highest BCUT2D eigenvalue weighted by Crippen LogP contribution is 2.26. The second-order valence-electron chi connectivity index (χ2n) is 8.02. The molecular weight excluding hydrogens is 314 g/mol. The minimum Gasteiger partial charge on any atom is -0.342 e. The zero-order valence-electron chi connectivity index (χ0n) is 15.5. The first-order valence-electron chi connectivity index (χ1n) is 8.95. The molecule has 1 N–H and O–H groups in total. The van der Waals surface area contributed by atoms with Crippen LogP contribution in [0.2, 0.25) is 0 Å². The van der Waals surface area contributed by atoms with Crippen molar-refractivity contribution in [3.63, 3.8) is 0 Å². The number of carbonyl (C=O) groups is 1. The molecule has 25 heavy (non-hydrogen) atoms. The molecule has 1 amide bonds. The highest BCUT2D eigenvalue weighted by Gasteiger charge is 2.31. The van der Waals surface area contributed by atoms with Crippen molar-refractivity contribution in [2.75, 3.05) is 13.1 Å². The molecule has 0 aromatic carbocycles. The van der Waals surface area contributed by atoms with Gasteiger partial charge >= 0.3 is 0 Å². The van der Waals surface area contributed by atoms with Crippen LogP contribution >= 0.6 is 0 Å². The summed E-state index contributed by atoms with van der Waals surface area (Å²) in [7, 11) is 0. The zero-order chi connectivity index (χ0) is 18.0. The molecule has 1 aliphatic rings. The van der Waals surface area contributed by atoms with E-state index >= 15 is 0 Å². The van der Waals surface area contributed by atoms with Crippen LogP contribution in [0.15, 0.2) is 18.6 Å². The molecule has 3 heterocycles. The van der Waals surface area contributed by atoms with Crippen molar-refractivity contribution in [2.45, 2.75) is 47.0 Å². The molecule has 1 fully saturated rings. The molecule has 1 unspecified atom stereocenters. The molecule has 0 saturated carbocycles. The van der Waals surface area contributed by atoms with Crippen molar-refractivity contribution >= 4 is 5.91 Å². The molecule has 0 radical (unpaired) electrons. The summed E-state index contributed by atoms with van der Waals surface area (Å²) in [6.07, 6.45) is 8.44. The number of H-pyrrole nitrogens is 1. The molecular formula is C19H27N5O. The summed E-state index contributed by atoms with van der Waals surface area (Å²) < 4.78 is 0. The number of hydrogen-bond acceptors (Lipinski definition) is 4. The summed E-state index contributed by atoms with van der Waals surface area (Å²) in [4.78, 5) is 23.7. The normalized spacial score (nSPS) is 18.4. The lowest BCUT2D eigenvalue weighted by Crippen LogP contribution is -2.45. The Balaban J connectivity index is 1.70. The lowest BCUT2D eigenvalue weighted by molar-refractivity contribution is -0.141. The lowest BCUT2D eigenvalue weighted by Gasteiger charge is -2.36. The van der Waals surface area contributed by atoms with Gasteiger partial charge in [0.25, 0.3) is 0 Å². The molecule has 134 valence electrons. The van der Waals surface area contributed by atoms with Crippen LogP contribution in [-0.4, -0.2) is 44.1 Å². The summed E-state index contributed by atoms with van der Waals surface area (Å²) in [5, 5.41) is 7.00. The number of aromatic amines is 1. The minimum absolute atomic E-state index is 0.242. The van der Waals surface area contributed by atoms with Gasteiger partial charge in [-0.05, 0) is 32.1 Å². The van der Waals surface area contributed by atoms with Crippen LogP contribution in [0.4, 0.5) is 0 Å². The first-order valence-corrected chi connectivity index (χ1v) is 8.95. The summed E-state index contributed by atoms with van der Waals surface area (Å²) in [6.45, 7) is 9.62. The molecule has 2 aromatic heterocycles. The fourth-order valence-corrected chi connectivity index (χ4v) is 3.43. The molecule has 2 aromatic rings. The van der Waals surface area contributed by atoms with Crippen molar-refractivity contribution in [3.05, 3.63) is 30.0 Å². The second kappa shape index (κ2) is 6.94. The number of carbonyl (C=O) groups excluding carboxylic acids is 1. The van der Waals surface area contributed by atoms with Crippen molar-refractivity contribution in [2.24, 2.45) is 11.3 Å². The fourth-order valence-electron chi connectivity index (χ4n) is 3.43. The monoisotopic (exact) mass is 341 g/mol. The maximum absolute atomic E-state index is 12.6. The van der Waals surface area contributed by atoms with E-state index in [9.17, 15) is 4.79 Å². The third-order valence-electron chi connectivity index (χ3n) is 4.74. The largest absolute Gasteiger partial charge is 0.342 e. The zero-order valence-corrected chi connectivity index (χ0v) is 15.5. The number of nitrogens with one attached hydrogen (secondary N) is 1. The minimum atomic E-state index is -0.319. The third kappa shape index (κ3) is 4.06. The van der Waals surface area contributed by atoms with Crippen molar-refractivity contribution in [3.8, 4) is 11.3 Å². The summed E-state index contributed by atoms with van der Waals surface area (Å²) in [6, 6.07) is 0. The van der Waals surface area contributed by atoms with Crippen LogP contribution in [-0.2, 0) is 11.2 Å². The van der Waals surface area contributed by atoms with Gasteiger partial charge in [-0.1, -0.05) is 20.8 Å². The fraction of sp³-hybridized carbons (Fsp3) is 0.579. The number of aryl methyl sites for hydroxylation is 1. The Kier molecular flexibility index (Phi) is 4.88. The Morgan fingerprint density at radius 3 is 2.80 bits per heavy atom. The average Bonchev–Trinajstić information content (AvgIpc) is 3.00. The third-order valence-corrected chi connectivity index (χ3v) is 4.74. The van der Waals surface area contributed by atoms with Crippen LogP contribution in [0.3, 0.4) is 0 Å². The molecule has 6 heteroatoms. The predicted molar refractivity (Wildman–Crippen MR) is 96.8 cm³/mol. The van der Waals surface area contributed by atoms with Gasteiger partial charge in [-0.25, -0.2) is 4.98 Å². The van der Waals surface area contributed by atoms with Crippen LogP contribution in [0.1, 0.15) is 45.0 Å². The highest BCUT2D eigenvalue weighted by atomic mass is 16.2. The number of likely N-dealkylation sites (tertiary alicyclic amines) is 1. The van der Waals surface area contributed by atoms with Crippen LogP contribution in [0.25, 0.3) is 11.3 Å². The Morgan fingerprint density at radius 1 is 1.32 bits per heavy atom. The Labute approximate surface area is 149 Å². The van der Waals surface area contributed by atoms with Crippen molar-refractivity contribution < 1.29 is 4.79 Å². The second-order valence-corrected chi connectivity index (χ2v) is 8.02. The van der Waals surface area contributed by atoms with Gasteiger partial charge in [-0.2, -0.15) is 5.10 Å². The van der Waals surface area contributed by atoms with Gasteiger partial charge in [0, 0.05) is 36.0 Å². The van der Waals surface area contributed by atoms with E-state index in [0.29, 0.717) is 5.92 Å². The number of piperidine rings is 1. The highest BCUT2D eigenvalue weighted by molar-refractivity contribution is 5.81. The van der Waals surface area contributed by atoms with Gasteiger partial charge in [-0.15, -0.1) is 0 Å². The van der Waals surface area contributed by atoms with E-state index in [4.69, 9.17) is 4.98 Å². The van der Waals surface area contributed by atoms with Crippen LogP contribution in [0, 0.1) is 18.3 Å². The van der Waals surface area contributed by atoms with Gasteiger partial charge in [0.05, 0.1) is 23.8 Å². The number of amides is 1. The van der Waals surface area contributed by atoms with Gasteiger partial charge in [0.15, 0.2) is 0 Å². The first-order chi connectivity index (χ1) is 11.8. The maximum atomic E-state index is 12.6.